The molecule has 304 valence electrons. The third-order valence-corrected chi connectivity index (χ3v) is 17.6. The summed E-state index contributed by atoms with van der Waals surface area (Å²) < 4.78 is 37.6. The molecule has 1 fully saturated rings. The molecule has 2 atom stereocenters. The van der Waals surface area contributed by atoms with Crippen LogP contribution in [0.1, 0.15) is 57.8 Å². The fraction of sp³-hybridized carbons (Fsp3) is 0.372. The first kappa shape index (κ1) is 41.0. The Kier molecular flexibility index (Phi) is 11.4. The second-order valence-electron chi connectivity index (χ2n) is 16.1. The fourth-order valence-electron chi connectivity index (χ4n) is 8.42. The predicted octanol–water partition coefficient (Wildman–Crippen LogP) is 5.56. The van der Waals surface area contributed by atoms with Gasteiger partial charge < -0.3 is 18.8 Å². The van der Waals surface area contributed by atoms with Gasteiger partial charge in [-0.25, -0.2) is 9.18 Å². The third-order valence-electron chi connectivity index (χ3n) is 11.2. The zero-order valence-electron chi connectivity index (χ0n) is 33.9. The molecule has 12 nitrogen and oxygen atoms in total. The minimum absolute atomic E-state index is 0.0577. The van der Waals surface area contributed by atoms with Crippen LogP contribution in [0.5, 0.6) is 5.75 Å². The smallest absolute Gasteiger partial charge is 0.332 e. The number of aryl methyl sites for hydroxylation is 1. The van der Waals surface area contributed by atoms with Crippen LogP contribution in [0.15, 0.2) is 101 Å². The number of likely N-dealkylation sites (tertiary alicyclic amines) is 1. The number of fused-ring (bicyclic) bond motifs is 1. The molecular weight excluding hydrogens is 776 g/mol. The molecule has 3 aromatic carbocycles. The van der Waals surface area contributed by atoms with Gasteiger partial charge in [0.25, 0.3) is 13.9 Å². The molecule has 0 radical (unpaired) electrons. The van der Waals surface area contributed by atoms with Crippen LogP contribution in [0.2, 0.25) is 5.04 Å². The number of likely N-dealkylation sites (N-methyl/N-ethyl adjacent to an activating group) is 1. The number of carbonyl (C=O) groups is 1. The van der Waals surface area contributed by atoms with Crippen molar-refractivity contribution in [1.29, 1.82) is 0 Å². The van der Waals surface area contributed by atoms with Crippen molar-refractivity contribution < 1.29 is 23.1 Å². The largest absolute Gasteiger partial charge is 0.496 e. The van der Waals surface area contributed by atoms with Gasteiger partial charge in [0.1, 0.15) is 27.5 Å². The van der Waals surface area contributed by atoms with E-state index in [9.17, 15) is 14.4 Å². The lowest BCUT2D eigenvalue weighted by Gasteiger charge is -2.43. The Morgan fingerprint density at radius 1 is 0.948 bits per heavy atom. The number of amides is 1. The molecule has 1 amide bonds. The molecule has 1 aliphatic rings. The van der Waals surface area contributed by atoms with Crippen molar-refractivity contribution in [1.82, 2.24) is 29.0 Å². The molecule has 0 bridgehead atoms. The monoisotopic (exact) mass is 824 g/mol. The second-order valence-corrected chi connectivity index (χ2v) is 21.4. The van der Waals surface area contributed by atoms with Crippen molar-refractivity contribution in [3.63, 3.8) is 0 Å². The zero-order valence-corrected chi connectivity index (χ0v) is 35.7. The Morgan fingerprint density at radius 3 is 2.17 bits per heavy atom. The standard InChI is InChI=1S/C43H49FN6O6SSi/c1-29-37-38(52)49(43(5)21-20-36(51)47(6)28-43)41(53)48(40(37)57-39(29)50-45-22-23-46-50)27-35(33-26-30(44)18-19-34(33)54-7)55-24-25-56-58(42(2,3)4,31-14-10-8-11-15-31)32-16-12-9-13-17-32/h8-19,22-23,26,35H,20-21,24-25,27-28H2,1-7H3/t35-,43-/m0/s1. The summed E-state index contributed by atoms with van der Waals surface area (Å²) in [5.74, 6) is -0.186. The molecular formula is C43H49FN6O6SSi. The normalized spacial score (nSPS) is 16.9. The lowest BCUT2D eigenvalue weighted by molar-refractivity contribution is -0.135. The van der Waals surface area contributed by atoms with E-state index in [1.807, 2.05) is 50.2 Å². The molecule has 6 aromatic rings. The number of hydrogen-bond acceptors (Lipinski definition) is 9. The summed E-state index contributed by atoms with van der Waals surface area (Å²) in [5.41, 5.74) is -1.05. The summed E-state index contributed by atoms with van der Waals surface area (Å²) >= 11 is 1.21. The molecule has 0 aliphatic carbocycles. The van der Waals surface area contributed by atoms with Gasteiger partial charge in [0, 0.05) is 31.1 Å². The molecule has 1 saturated heterocycles. The molecule has 1 aliphatic heterocycles. The van der Waals surface area contributed by atoms with Crippen molar-refractivity contribution in [3.8, 4) is 10.8 Å². The van der Waals surface area contributed by atoms with Gasteiger partial charge >= 0.3 is 5.69 Å². The second kappa shape index (κ2) is 16.2. The van der Waals surface area contributed by atoms with Crippen LogP contribution in [-0.4, -0.2) is 77.2 Å². The molecule has 4 heterocycles. The van der Waals surface area contributed by atoms with E-state index in [4.69, 9.17) is 13.9 Å². The van der Waals surface area contributed by atoms with Gasteiger partial charge in [-0.2, -0.15) is 10.2 Å². The maximum atomic E-state index is 15.2. The number of benzene rings is 3. The zero-order chi connectivity index (χ0) is 41.4. The summed E-state index contributed by atoms with van der Waals surface area (Å²) in [6, 6.07) is 24.8. The number of aromatic nitrogens is 5. The van der Waals surface area contributed by atoms with E-state index in [2.05, 4.69) is 55.2 Å². The van der Waals surface area contributed by atoms with E-state index in [0.717, 1.165) is 10.4 Å². The Labute approximate surface area is 341 Å². The van der Waals surface area contributed by atoms with Crippen LogP contribution >= 0.6 is 11.3 Å². The van der Waals surface area contributed by atoms with Crippen LogP contribution in [0.4, 0.5) is 4.39 Å². The van der Waals surface area contributed by atoms with Gasteiger partial charge in [-0.1, -0.05) is 92.8 Å². The lowest BCUT2D eigenvalue weighted by Crippen LogP contribution is -2.66. The first-order chi connectivity index (χ1) is 27.7. The van der Waals surface area contributed by atoms with Crippen LogP contribution in [0.3, 0.4) is 0 Å². The average Bonchev–Trinajstić information content (AvgIpc) is 3.86. The molecule has 7 rings (SSSR count). The van der Waals surface area contributed by atoms with E-state index in [1.54, 1.807) is 24.3 Å². The summed E-state index contributed by atoms with van der Waals surface area (Å²) in [6.45, 7) is 10.6. The number of hydrogen-bond donors (Lipinski definition) is 0. The highest BCUT2D eigenvalue weighted by Crippen LogP contribution is 2.38. The van der Waals surface area contributed by atoms with E-state index in [0.29, 0.717) is 38.5 Å². The summed E-state index contributed by atoms with van der Waals surface area (Å²) in [4.78, 5) is 45.6. The number of rotatable bonds is 13. The van der Waals surface area contributed by atoms with Crippen LogP contribution in [0.25, 0.3) is 15.2 Å². The Morgan fingerprint density at radius 2 is 1.59 bits per heavy atom. The topological polar surface area (TPSA) is 123 Å². The minimum atomic E-state index is -2.93. The number of carbonyl (C=O) groups excluding carboxylic acids is 1. The third kappa shape index (κ3) is 7.36. The molecule has 0 saturated carbocycles. The lowest BCUT2D eigenvalue weighted by atomic mass is 9.90. The van der Waals surface area contributed by atoms with E-state index in [1.165, 1.54) is 50.6 Å². The van der Waals surface area contributed by atoms with Crippen LogP contribution in [-0.2, 0) is 26.0 Å². The number of methoxy groups -OCH3 is 1. The Balaban J connectivity index is 1.34. The number of ether oxygens (including phenoxy) is 2. The summed E-state index contributed by atoms with van der Waals surface area (Å²) in [7, 11) is 0.246. The number of halogens is 1. The van der Waals surface area contributed by atoms with Gasteiger partial charge in [-0.15, -0.1) is 4.80 Å². The SMILES string of the molecule is COc1ccc(F)cc1[C@H](Cn1c(=O)n([C@@]2(C)CCC(=O)N(C)C2)c(=O)c2c(C)c(-n3nccn3)sc21)OCCO[Si](c1ccccc1)(c1ccccc1)C(C)(C)C. The van der Waals surface area contributed by atoms with Gasteiger partial charge in [-0.05, 0) is 53.9 Å². The molecule has 15 heteroatoms. The van der Waals surface area contributed by atoms with Gasteiger partial charge in [0.2, 0.25) is 5.91 Å². The maximum absolute atomic E-state index is 15.2. The van der Waals surface area contributed by atoms with Gasteiger partial charge in [0.05, 0.1) is 50.2 Å². The average molecular weight is 825 g/mol. The predicted molar refractivity (Wildman–Crippen MR) is 226 cm³/mol. The highest BCUT2D eigenvalue weighted by atomic mass is 32.1. The van der Waals surface area contributed by atoms with Crippen LogP contribution < -0.4 is 26.4 Å². The van der Waals surface area contributed by atoms with Gasteiger partial charge in [-0.3, -0.25) is 18.7 Å². The molecule has 0 spiro atoms. The first-order valence-electron chi connectivity index (χ1n) is 19.3. The van der Waals surface area contributed by atoms with E-state index < -0.39 is 37.0 Å². The highest BCUT2D eigenvalue weighted by molar-refractivity contribution is 7.21. The van der Waals surface area contributed by atoms with Crippen molar-refractivity contribution in [2.24, 2.45) is 0 Å². The number of thiophene rings is 1. The van der Waals surface area contributed by atoms with Crippen LogP contribution in [0, 0.1) is 12.7 Å². The van der Waals surface area contributed by atoms with E-state index >= 15 is 4.39 Å². The van der Waals surface area contributed by atoms with Crippen molar-refractivity contribution in [3.05, 3.63) is 129 Å². The molecule has 58 heavy (non-hydrogen) atoms. The minimum Gasteiger partial charge on any atom is -0.496 e. The molecule has 0 N–H and O–H groups in total. The quantitative estimate of drug-likeness (QED) is 0.110. The Bertz CT molecular complexity index is 2500. The number of nitrogens with zero attached hydrogens (tertiary/aromatic N) is 6. The fourth-order valence-corrected chi connectivity index (χ4v) is 14.2. The first-order valence-corrected chi connectivity index (χ1v) is 22.0. The van der Waals surface area contributed by atoms with Crippen molar-refractivity contribution in [2.45, 2.75) is 70.7 Å². The van der Waals surface area contributed by atoms with Crippen molar-refractivity contribution in [2.75, 3.05) is 33.9 Å². The van der Waals surface area contributed by atoms with Crippen molar-refractivity contribution >= 4 is 46.2 Å². The van der Waals surface area contributed by atoms with E-state index in [-0.39, 0.29) is 43.7 Å². The Hall–Kier alpha value is -5.22. The summed E-state index contributed by atoms with van der Waals surface area (Å²) in [5, 5.41) is 11.5. The number of piperidine rings is 1. The molecule has 3 aromatic heterocycles. The van der Waals surface area contributed by atoms with Gasteiger partial charge in [0.15, 0.2) is 0 Å². The molecule has 0 unspecified atom stereocenters. The summed E-state index contributed by atoms with van der Waals surface area (Å²) in [6.07, 6.45) is 2.63. The maximum Gasteiger partial charge on any atom is 0.332 e. The highest BCUT2D eigenvalue weighted by Gasteiger charge is 2.50.